The number of hydrogen-bond donors (Lipinski definition) is 1. The van der Waals surface area contributed by atoms with Crippen LogP contribution in [0.1, 0.15) is 23.7 Å². The molecule has 2 aromatic carbocycles. The summed E-state index contributed by atoms with van der Waals surface area (Å²) < 4.78 is 23.8. The Morgan fingerprint density at radius 3 is 2.97 bits per heavy atom. The van der Waals surface area contributed by atoms with Gasteiger partial charge in [0.1, 0.15) is 18.2 Å². The Labute approximate surface area is 172 Å². The van der Waals surface area contributed by atoms with Crippen LogP contribution in [0.5, 0.6) is 5.75 Å². The number of rotatable bonds is 9. The second-order valence-electron chi connectivity index (χ2n) is 5.94. The standard InChI is InChI=1S/C21H20FN3O3S/c1-2-27-20(26)11-18-14-29-21(24-18)25-23-12-15-6-3-4-7-16(15)13-28-19-9-5-8-17(22)10-19/h3-10,12,14H,2,11,13H2,1H3,(H,24,25). The zero-order valence-electron chi connectivity index (χ0n) is 15.8. The lowest BCUT2D eigenvalue weighted by Gasteiger charge is -2.08. The van der Waals surface area contributed by atoms with Gasteiger partial charge in [0.05, 0.1) is 24.9 Å². The first-order valence-corrected chi connectivity index (χ1v) is 9.87. The molecule has 0 amide bonds. The predicted molar refractivity (Wildman–Crippen MR) is 111 cm³/mol. The first-order chi connectivity index (χ1) is 14.1. The Hall–Kier alpha value is -3.26. The summed E-state index contributed by atoms with van der Waals surface area (Å²) in [7, 11) is 0. The molecule has 3 aromatic rings. The number of anilines is 1. The fraction of sp³-hybridized carbons (Fsp3) is 0.190. The molecule has 6 nitrogen and oxygen atoms in total. The van der Waals surface area contributed by atoms with Crippen molar-refractivity contribution < 1.29 is 18.7 Å². The van der Waals surface area contributed by atoms with Gasteiger partial charge in [0.25, 0.3) is 0 Å². The van der Waals surface area contributed by atoms with Crippen LogP contribution in [0.3, 0.4) is 0 Å². The number of esters is 1. The maximum absolute atomic E-state index is 13.3. The van der Waals surface area contributed by atoms with Gasteiger partial charge < -0.3 is 9.47 Å². The van der Waals surface area contributed by atoms with Crippen molar-refractivity contribution in [2.24, 2.45) is 5.10 Å². The van der Waals surface area contributed by atoms with Gasteiger partial charge in [-0.15, -0.1) is 11.3 Å². The summed E-state index contributed by atoms with van der Waals surface area (Å²) in [5.74, 6) is -0.181. The maximum Gasteiger partial charge on any atom is 0.311 e. The van der Waals surface area contributed by atoms with Gasteiger partial charge in [-0.05, 0) is 24.6 Å². The monoisotopic (exact) mass is 413 g/mol. The predicted octanol–water partition coefficient (Wildman–Crippen LogP) is 4.41. The molecule has 1 aromatic heterocycles. The van der Waals surface area contributed by atoms with Gasteiger partial charge in [0, 0.05) is 17.0 Å². The van der Waals surface area contributed by atoms with Crippen LogP contribution < -0.4 is 10.2 Å². The number of hydrogen-bond acceptors (Lipinski definition) is 7. The summed E-state index contributed by atoms with van der Waals surface area (Å²) in [4.78, 5) is 15.8. The zero-order valence-corrected chi connectivity index (χ0v) is 16.6. The van der Waals surface area contributed by atoms with Gasteiger partial charge in [0.15, 0.2) is 0 Å². The lowest BCUT2D eigenvalue weighted by atomic mass is 10.1. The Balaban J connectivity index is 1.58. The second kappa shape index (κ2) is 10.3. The number of nitrogens with zero attached hydrogens (tertiary/aromatic N) is 2. The van der Waals surface area contributed by atoms with Gasteiger partial charge >= 0.3 is 5.97 Å². The SMILES string of the molecule is CCOC(=O)Cc1csc(NN=Cc2ccccc2COc2cccc(F)c2)n1. The second-order valence-corrected chi connectivity index (χ2v) is 6.80. The minimum atomic E-state index is -0.340. The number of aromatic nitrogens is 1. The maximum atomic E-state index is 13.3. The summed E-state index contributed by atoms with van der Waals surface area (Å²) in [6.45, 7) is 2.40. The lowest BCUT2D eigenvalue weighted by molar-refractivity contribution is -0.142. The third-order valence-electron chi connectivity index (χ3n) is 3.79. The molecule has 0 aliphatic rings. The van der Waals surface area contributed by atoms with Crippen molar-refractivity contribution in [1.29, 1.82) is 0 Å². The molecule has 1 heterocycles. The largest absolute Gasteiger partial charge is 0.489 e. The Kier molecular flexibility index (Phi) is 7.29. The van der Waals surface area contributed by atoms with E-state index in [4.69, 9.17) is 9.47 Å². The third kappa shape index (κ3) is 6.39. The van der Waals surface area contributed by atoms with E-state index in [2.05, 4.69) is 15.5 Å². The average molecular weight is 413 g/mol. The van der Waals surface area contributed by atoms with Crippen LogP contribution in [0.4, 0.5) is 9.52 Å². The first kappa shape index (κ1) is 20.5. The van der Waals surface area contributed by atoms with Crippen LogP contribution in [-0.2, 0) is 22.6 Å². The Bertz CT molecular complexity index is 991. The van der Waals surface area contributed by atoms with Crippen molar-refractivity contribution in [2.45, 2.75) is 20.0 Å². The number of ether oxygens (including phenoxy) is 2. The molecule has 0 unspecified atom stereocenters. The molecule has 0 bridgehead atoms. The molecule has 0 radical (unpaired) electrons. The van der Waals surface area contributed by atoms with Crippen LogP contribution in [-0.4, -0.2) is 23.8 Å². The summed E-state index contributed by atoms with van der Waals surface area (Å²) in [5.41, 5.74) is 5.26. The topological polar surface area (TPSA) is 72.8 Å². The highest BCUT2D eigenvalue weighted by Crippen LogP contribution is 2.17. The van der Waals surface area contributed by atoms with Gasteiger partial charge in [-0.3, -0.25) is 10.2 Å². The number of carbonyl (C=O) groups is 1. The summed E-state index contributed by atoms with van der Waals surface area (Å²) in [6.07, 6.45) is 1.80. The van der Waals surface area contributed by atoms with Crippen molar-refractivity contribution in [1.82, 2.24) is 4.98 Å². The molecule has 0 aliphatic carbocycles. The molecule has 0 aliphatic heterocycles. The van der Waals surface area contributed by atoms with Crippen LogP contribution in [0.2, 0.25) is 0 Å². The smallest absolute Gasteiger partial charge is 0.311 e. The van der Waals surface area contributed by atoms with Crippen molar-refractivity contribution in [3.05, 3.63) is 76.5 Å². The Morgan fingerprint density at radius 1 is 1.28 bits per heavy atom. The number of thiazole rings is 1. The van der Waals surface area contributed by atoms with E-state index >= 15 is 0 Å². The van der Waals surface area contributed by atoms with Gasteiger partial charge in [-0.1, -0.05) is 30.3 Å². The van der Waals surface area contributed by atoms with E-state index in [9.17, 15) is 9.18 Å². The van der Waals surface area contributed by atoms with E-state index in [0.717, 1.165) is 11.1 Å². The first-order valence-electron chi connectivity index (χ1n) is 8.99. The van der Waals surface area contributed by atoms with Crippen LogP contribution in [0, 0.1) is 5.82 Å². The summed E-state index contributed by atoms with van der Waals surface area (Å²) in [5, 5.41) is 6.58. The van der Waals surface area contributed by atoms with Crippen molar-refractivity contribution in [3.63, 3.8) is 0 Å². The van der Waals surface area contributed by atoms with Crippen molar-refractivity contribution >= 4 is 28.7 Å². The normalized spacial score (nSPS) is 10.8. The molecule has 0 saturated heterocycles. The lowest BCUT2D eigenvalue weighted by Crippen LogP contribution is -2.07. The van der Waals surface area contributed by atoms with Gasteiger partial charge in [0.2, 0.25) is 5.13 Å². The van der Waals surface area contributed by atoms with E-state index in [-0.39, 0.29) is 24.8 Å². The minimum absolute atomic E-state index is 0.135. The van der Waals surface area contributed by atoms with E-state index < -0.39 is 0 Å². The van der Waals surface area contributed by atoms with Crippen molar-refractivity contribution in [2.75, 3.05) is 12.0 Å². The molecular weight excluding hydrogens is 393 g/mol. The molecule has 3 rings (SSSR count). The summed E-state index contributed by atoms with van der Waals surface area (Å²) in [6, 6.07) is 13.6. The number of halogens is 1. The number of nitrogens with one attached hydrogen (secondary N) is 1. The molecule has 0 spiro atoms. The van der Waals surface area contributed by atoms with E-state index in [0.29, 0.717) is 23.2 Å². The van der Waals surface area contributed by atoms with Crippen LogP contribution in [0.15, 0.2) is 59.0 Å². The fourth-order valence-electron chi connectivity index (χ4n) is 2.47. The third-order valence-corrected chi connectivity index (χ3v) is 4.59. The van der Waals surface area contributed by atoms with E-state index in [1.54, 1.807) is 30.7 Å². The number of carbonyl (C=O) groups excluding carboxylic acids is 1. The minimum Gasteiger partial charge on any atom is -0.489 e. The molecular formula is C21H20FN3O3S. The molecule has 1 N–H and O–H groups in total. The molecule has 0 saturated carbocycles. The van der Waals surface area contributed by atoms with E-state index in [1.165, 1.54) is 23.5 Å². The fourth-order valence-corrected chi connectivity index (χ4v) is 3.12. The van der Waals surface area contributed by atoms with Gasteiger partial charge in [-0.25, -0.2) is 9.37 Å². The highest BCUT2D eigenvalue weighted by atomic mass is 32.1. The molecule has 29 heavy (non-hydrogen) atoms. The highest BCUT2D eigenvalue weighted by Gasteiger charge is 2.08. The molecule has 0 fully saturated rings. The van der Waals surface area contributed by atoms with Crippen LogP contribution >= 0.6 is 11.3 Å². The van der Waals surface area contributed by atoms with Crippen molar-refractivity contribution in [3.8, 4) is 5.75 Å². The average Bonchev–Trinajstić information content (AvgIpc) is 3.14. The Morgan fingerprint density at radius 2 is 2.14 bits per heavy atom. The zero-order chi connectivity index (χ0) is 20.5. The van der Waals surface area contributed by atoms with E-state index in [1.807, 2.05) is 24.3 Å². The number of benzene rings is 2. The highest BCUT2D eigenvalue weighted by molar-refractivity contribution is 7.13. The van der Waals surface area contributed by atoms with Crippen LogP contribution in [0.25, 0.3) is 0 Å². The molecule has 150 valence electrons. The summed E-state index contributed by atoms with van der Waals surface area (Å²) >= 11 is 1.35. The molecule has 0 atom stereocenters. The quantitative estimate of drug-likeness (QED) is 0.320. The molecule has 8 heteroatoms. The van der Waals surface area contributed by atoms with Gasteiger partial charge in [-0.2, -0.15) is 5.10 Å². The number of hydrazone groups is 1.